The zero-order chi connectivity index (χ0) is 12.8. The molecule has 100 valence electrons. The summed E-state index contributed by atoms with van der Waals surface area (Å²) in [5.74, 6) is 1.02. The molecule has 4 nitrogen and oxygen atoms in total. The molecule has 17 heavy (non-hydrogen) atoms. The summed E-state index contributed by atoms with van der Waals surface area (Å²) in [5.41, 5.74) is 0. The first-order valence-electron chi connectivity index (χ1n) is 6.67. The van der Waals surface area contributed by atoms with E-state index in [1.807, 2.05) is 19.0 Å². The molecule has 0 radical (unpaired) electrons. The molecule has 0 aromatic rings. The molecule has 1 amide bonds. The third-order valence-electron chi connectivity index (χ3n) is 3.73. The van der Waals surface area contributed by atoms with Crippen LogP contribution in [0.2, 0.25) is 0 Å². The van der Waals surface area contributed by atoms with Gasteiger partial charge in [0.1, 0.15) is 0 Å². The second kappa shape index (κ2) is 6.97. The molecule has 0 atom stereocenters. The average molecular weight is 241 g/mol. The number of hydrogen-bond donors (Lipinski definition) is 1. The maximum Gasteiger partial charge on any atom is 0.236 e. The van der Waals surface area contributed by atoms with Gasteiger partial charge in [0.15, 0.2) is 0 Å². The number of carbonyl (C=O) groups excluding carboxylic acids is 1. The number of carbonyl (C=O) groups is 1. The second-order valence-electron chi connectivity index (χ2n) is 5.39. The van der Waals surface area contributed by atoms with E-state index in [2.05, 4.69) is 24.1 Å². The molecule has 4 heteroatoms. The number of rotatable bonds is 5. The minimum atomic E-state index is 0.282. The Labute approximate surface area is 105 Å². The molecule has 0 saturated carbocycles. The van der Waals surface area contributed by atoms with Crippen LogP contribution >= 0.6 is 0 Å². The van der Waals surface area contributed by atoms with E-state index in [0.717, 1.165) is 38.4 Å². The van der Waals surface area contributed by atoms with E-state index in [1.165, 1.54) is 0 Å². The fraction of sp³-hybridized carbons (Fsp3) is 0.923. The summed E-state index contributed by atoms with van der Waals surface area (Å²) < 4.78 is 0. The van der Waals surface area contributed by atoms with E-state index in [-0.39, 0.29) is 5.91 Å². The lowest BCUT2D eigenvalue weighted by Gasteiger charge is -2.33. The van der Waals surface area contributed by atoms with Gasteiger partial charge in [-0.15, -0.1) is 0 Å². The molecule has 0 aromatic heterocycles. The average Bonchev–Trinajstić information content (AvgIpc) is 2.30. The van der Waals surface area contributed by atoms with Crippen LogP contribution in [0.15, 0.2) is 0 Å². The number of hydrogen-bond acceptors (Lipinski definition) is 3. The predicted molar refractivity (Wildman–Crippen MR) is 71.0 cm³/mol. The highest BCUT2D eigenvalue weighted by Crippen LogP contribution is 2.16. The molecule has 0 unspecified atom stereocenters. The van der Waals surface area contributed by atoms with Crippen molar-refractivity contribution >= 4 is 5.91 Å². The maximum atomic E-state index is 12.0. The highest BCUT2D eigenvalue weighted by Gasteiger charge is 2.23. The van der Waals surface area contributed by atoms with Gasteiger partial charge in [-0.3, -0.25) is 9.69 Å². The summed E-state index contributed by atoms with van der Waals surface area (Å²) in [5, 5.41) is 3.22. The topological polar surface area (TPSA) is 35.6 Å². The fourth-order valence-corrected chi connectivity index (χ4v) is 2.17. The minimum absolute atomic E-state index is 0.282. The number of piperidine rings is 1. The van der Waals surface area contributed by atoms with Crippen molar-refractivity contribution in [2.24, 2.45) is 5.92 Å². The lowest BCUT2D eigenvalue weighted by Crippen LogP contribution is -2.45. The number of likely N-dealkylation sites (tertiary alicyclic amines) is 1. The third-order valence-corrected chi connectivity index (χ3v) is 3.73. The largest absolute Gasteiger partial charge is 0.342 e. The van der Waals surface area contributed by atoms with Crippen LogP contribution in [-0.4, -0.2) is 62.0 Å². The Morgan fingerprint density at radius 1 is 1.41 bits per heavy atom. The summed E-state index contributed by atoms with van der Waals surface area (Å²) in [6, 6.07) is 0.431. The normalized spacial score (nSPS) is 18.1. The first-order valence-corrected chi connectivity index (χ1v) is 6.67. The van der Waals surface area contributed by atoms with Crippen molar-refractivity contribution < 1.29 is 4.79 Å². The second-order valence-corrected chi connectivity index (χ2v) is 5.39. The van der Waals surface area contributed by atoms with E-state index in [0.29, 0.717) is 12.6 Å². The van der Waals surface area contributed by atoms with E-state index in [9.17, 15) is 4.79 Å². The van der Waals surface area contributed by atoms with Crippen molar-refractivity contribution in [1.82, 2.24) is 15.1 Å². The molecule has 1 heterocycles. The van der Waals surface area contributed by atoms with E-state index in [1.54, 1.807) is 0 Å². The molecule has 1 fully saturated rings. The molecule has 0 aliphatic carbocycles. The highest BCUT2D eigenvalue weighted by atomic mass is 16.2. The van der Waals surface area contributed by atoms with Crippen LogP contribution in [0.4, 0.5) is 0 Å². The van der Waals surface area contributed by atoms with E-state index < -0.39 is 0 Å². The van der Waals surface area contributed by atoms with Crippen molar-refractivity contribution in [3.8, 4) is 0 Å². The van der Waals surface area contributed by atoms with Gasteiger partial charge in [-0.1, -0.05) is 0 Å². The summed E-state index contributed by atoms with van der Waals surface area (Å²) >= 11 is 0. The van der Waals surface area contributed by atoms with Crippen molar-refractivity contribution in [2.45, 2.75) is 32.7 Å². The van der Waals surface area contributed by atoms with Gasteiger partial charge in [0.05, 0.1) is 6.54 Å². The Morgan fingerprint density at radius 2 is 2.00 bits per heavy atom. The SMILES string of the molecule is CNCC1CCN(C(=O)CN(C)C(C)C)CC1. The van der Waals surface area contributed by atoms with Crippen LogP contribution in [0.5, 0.6) is 0 Å². The Morgan fingerprint density at radius 3 is 2.47 bits per heavy atom. The molecule has 0 aromatic carbocycles. The third kappa shape index (κ3) is 4.64. The molecule has 0 bridgehead atoms. The van der Waals surface area contributed by atoms with Gasteiger partial charge in [0, 0.05) is 19.1 Å². The Bertz CT molecular complexity index is 235. The monoisotopic (exact) mass is 241 g/mol. The van der Waals surface area contributed by atoms with Crippen LogP contribution in [0.3, 0.4) is 0 Å². The smallest absolute Gasteiger partial charge is 0.236 e. The maximum absolute atomic E-state index is 12.0. The zero-order valence-corrected chi connectivity index (χ0v) is 11.7. The van der Waals surface area contributed by atoms with Gasteiger partial charge in [0.2, 0.25) is 5.91 Å². The highest BCUT2D eigenvalue weighted by molar-refractivity contribution is 5.78. The van der Waals surface area contributed by atoms with Crippen LogP contribution < -0.4 is 5.32 Å². The van der Waals surface area contributed by atoms with Gasteiger partial charge in [-0.05, 0) is 53.2 Å². The number of nitrogens with zero attached hydrogens (tertiary/aromatic N) is 2. The molecule has 1 N–H and O–H groups in total. The lowest BCUT2D eigenvalue weighted by molar-refractivity contribution is -0.133. The van der Waals surface area contributed by atoms with E-state index in [4.69, 9.17) is 0 Å². The molecule has 1 aliphatic heterocycles. The molecular formula is C13H27N3O. The first kappa shape index (κ1) is 14.5. The Balaban J connectivity index is 2.31. The summed E-state index contributed by atoms with van der Waals surface area (Å²) in [4.78, 5) is 16.2. The molecule has 1 saturated heterocycles. The van der Waals surface area contributed by atoms with Crippen molar-refractivity contribution in [3.05, 3.63) is 0 Å². The predicted octanol–water partition coefficient (Wildman–Crippen LogP) is 0.785. The molecule has 0 spiro atoms. The first-order chi connectivity index (χ1) is 8.04. The molecular weight excluding hydrogens is 214 g/mol. The van der Waals surface area contributed by atoms with Crippen molar-refractivity contribution in [2.75, 3.05) is 40.3 Å². The van der Waals surface area contributed by atoms with Gasteiger partial charge >= 0.3 is 0 Å². The van der Waals surface area contributed by atoms with Gasteiger partial charge in [-0.2, -0.15) is 0 Å². The Kier molecular flexibility index (Phi) is 5.92. The van der Waals surface area contributed by atoms with Crippen LogP contribution in [0, 0.1) is 5.92 Å². The van der Waals surface area contributed by atoms with Crippen LogP contribution in [0.25, 0.3) is 0 Å². The quantitative estimate of drug-likeness (QED) is 0.773. The lowest BCUT2D eigenvalue weighted by atomic mass is 9.97. The van der Waals surface area contributed by atoms with Crippen LogP contribution in [0.1, 0.15) is 26.7 Å². The summed E-state index contributed by atoms with van der Waals surface area (Å²) in [6.07, 6.45) is 2.27. The number of nitrogens with one attached hydrogen (secondary N) is 1. The summed E-state index contributed by atoms with van der Waals surface area (Å²) in [7, 11) is 4.01. The number of likely N-dealkylation sites (N-methyl/N-ethyl adjacent to an activating group) is 1. The molecule has 1 aliphatic rings. The van der Waals surface area contributed by atoms with Gasteiger partial charge in [0.25, 0.3) is 0 Å². The summed E-state index contributed by atoms with van der Waals surface area (Å²) in [6.45, 7) is 7.72. The standard InChI is InChI=1S/C13H27N3O/c1-11(2)15(4)10-13(17)16-7-5-12(6-8-16)9-14-3/h11-12,14H,5-10H2,1-4H3. The van der Waals surface area contributed by atoms with Crippen LogP contribution in [-0.2, 0) is 4.79 Å². The fourth-order valence-electron chi connectivity index (χ4n) is 2.17. The van der Waals surface area contributed by atoms with Crippen molar-refractivity contribution in [1.29, 1.82) is 0 Å². The number of amides is 1. The minimum Gasteiger partial charge on any atom is -0.342 e. The van der Waals surface area contributed by atoms with E-state index >= 15 is 0 Å². The van der Waals surface area contributed by atoms with Crippen molar-refractivity contribution in [3.63, 3.8) is 0 Å². The Hall–Kier alpha value is -0.610. The van der Waals surface area contributed by atoms with Gasteiger partial charge < -0.3 is 10.2 Å². The zero-order valence-electron chi connectivity index (χ0n) is 11.7. The van der Waals surface area contributed by atoms with Gasteiger partial charge in [-0.25, -0.2) is 0 Å². The molecule has 1 rings (SSSR count).